The maximum Gasteiger partial charge on any atom is 0.170 e. The van der Waals surface area contributed by atoms with Crippen LogP contribution in [0.25, 0.3) is 0 Å². The maximum atomic E-state index is 11.3. The van der Waals surface area contributed by atoms with E-state index < -0.39 is 0 Å². The van der Waals surface area contributed by atoms with Crippen LogP contribution in [-0.2, 0) is 4.79 Å². The molecule has 1 aromatic rings. The molecule has 0 radical (unpaired) electrons. The fourth-order valence-corrected chi connectivity index (χ4v) is 1.47. The number of ether oxygens (including phenoxy) is 1. The van der Waals surface area contributed by atoms with Crippen molar-refractivity contribution >= 4 is 5.78 Å². The monoisotopic (exact) mass is 206 g/mol. The second kappa shape index (κ2) is 5.54. The molecule has 0 aromatic heterocycles. The summed E-state index contributed by atoms with van der Waals surface area (Å²) in [5, 5.41) is 0. The number of hydrogen-bond acceptors (Lipinski definition) is 2. The molecule has 0 aliphatic heterocycles. The summed E-state index contributed by atoms with van der Waals surface area (Å²) in [7, 11) is 0. The van der Waals surface area contributed by atoms with Crippen molar-refractivity contribution in [3.8, 4) is 5.75 Å². The molecule has 1 rings (SSSR count). The largest absolute Gasteiger partial charge is 0.486 e. The highest BCUT2D eigenvalue weighted by molar-refractivity contribution is 5.79. The molecule has 0 amide bonds. The molecule has 2 heteroatoms. The Morgan fingerprint density at radius 3 is 2.67 bits per heavy atom. The molecule has 0 atom stereocenters. The Hall–Kier alpha value is -1.31. The summed E-state index contributed by atoms with van der Waals surface area (Å²) in [4.78, 5) is 11.3. The third-order valence-electron chi connectivity index (χ3n) is 2.25. The average molecular weight is 206 g/mol. The van der Waals surface area contributed by atoms with Crippen LogP contribution in [-0.4, -0.2) is 12.4 Å². The van der Waals surface area contributed by atoms with Crippen molar-refractivity contribution < 1.29 is 9.53 Å². The van der Waals surface area contributed by atoms with Gasteiger partial charge in [0.2, 0.25) is 0 Å². The van der Waals surface area contributed by atoms with Gasteiger partial charge >= 0.3 is 0 Å². The molecular formula is C13H18O2. The van der Waals surface area contributed by atoms with E-state index in [0.29, 0.717) is 6.42 Å². The smallest absolute Gasteiger partial charge is 0.170 e. The highest BCUT2D eigenvalue weighted by Crippen LogP contribution is 2.18. The van der Waals surface area contributed by atoms with Crippen molar-refractivity contribution in [3.63, 3.8) is 0 Å². The van der Waals surface area contributed by atoms with Crippen LogP contribution in [0.5, 0.6) is 5.75 Å². The molecule has 0 aliphatic rings. The quantitative estimate of drug-likeness (QED) is 0.740. The third kappa shape index (κ3) is 3.74. The van der Waals surface area contributed by atoms with Gasteiger partial charge in [-0.25, -0.2) is 0 Å². The van der Waals surface area contributed by atoms with Crippen molar-refractivity contribution in [3.05, 3.63) is 29.3 Å². The van der Waals surface area contributed by atoms with Gasteiger partial charge in [0.1, 0.15) is 12.4 Å². The van der Waals surface area contributed by atoms with Gasteiger partial charge in [0.15, 0.2) is 5.78 Å². The van der Waals surface area contributed by atoms with Crippen molar-refractivity contribution in [2.24, 2.45) is 0 Å². The second-order valence-electron chi connectivity index (χ2n) is 3.85. The maximum absolute atomic E-state index is 11.3. The van der Waals surface area contributed by atoms with Gasteiger partial charge in [-0.1, -0.05) is 24.6 Å². The van der Waals surface area contributed by atoms with Gasteiger partial charge in [-0.15, -0.1) is 0 Å². The predicted octanol–water partition coefficient (Wildman–Crippen LogP) is 3.05. The Balaban J connectivity index is 2.54. The van der Waals surface area contributed by atoms with Gasteiger partial charge in [0.25, 0.3) is 0 Å². The molecule has 0 unspecified atom stereocenters. The van der Waals surface area contributed by atoms with Crippen LogP contribution in [0, 0.1) is 13.8 Å². The number of hydrogen-bond donors (Lipinski definition) is 0. The van der Waals surface area contributed by atoms with Crippen LogP contribution in [0.4, 0.5) is 0 Å². The van der Waals surface area contributed by atoms with Crippen molar-refractivity contribution in [2.75, 3.05) is 6.61 Å². The molecule has 82 valence electrons. The minimum Gasteiger partial charge on any atom is -0.486 e. The lowest BCUT2D eigenvalue weighted by atomic mass is 10.1. The minimum atomic E-state index is 0.164. The third-order valence-corrected chi connectivity index (χ3v) is 2.25. The summed E-state index contributed by atoms with van der Waals surface area (Å²) in [5.74, 6) is 0.975. The lowest BCUT2D eigenvalue weighted by Crippen LogP contribution is -2.11. The molecule has 0 aliphatic carbocycles. The Morgan fingerprint density at radius 2 is 2.07 bits per heavy atom. The SMILES string of the molecule is CCCC(=O)COc1ccc(C)cc1C. The molecule has 1 aromatic carbocycles. The first-order valence-corrected chi connectivity index (χ1v) is 5.35. The van der Waals surface area contributed by atoms with Crippen LogP contribution in [0.1, 0.15) is 30.9 Å². The van der Waals surface area contributed by atoms with Gasteiger partial charge in [0.05, 0.1) is 0 Å². The summed E-state index contributed by atoms with van der Waals surface area (Å²) >= 11 is 0. The molecule has 0 saturated heterocycles. The lowest BCUT2D eigenvalue weighted by Gasteiger charge is -2.08. The van der Waals surface area contributed by atoms with Crippen molar-refractivity contribution in [1.29, 1.82) is 0 Å². The molecule has 2 nitrogen and oxygen atoms in total. The van der Waals surface area contributed by atoms with Crippen molar-refractivity contribution in [2.45, 2.75) is 33.6 Å². The van der Waals surface area contributed by atoms with E-state index in [1.165, 1.54) is 5.56 Å². The zero-order valence-electron chi connectivity index (χ0n) is 9.67. The van der Waals surface area contributed by atoms with Gasteiger partial charge in [-0.2, -0.15) is 0 Å². The summed E-state index contributed by atoms with van der Waals surface area (Å²) in [6, 6.07) is 5.97. The Labute approximate surface area is 91.3 Å². The number of ketones is 1. The summed E-state index contributed by atoms with van der Waals surface area (Å²) in [6.45, 7) is 6.22. The van der Waals surface area contributed by atoms with E-state index in [4.69, 9.17) is 4.74 Å². The lowest BCUT2D eigenvalue weighted by molar-refractivity contribution is -0.121. The zero-order chi connectivity index (χ0) is 11.3. The summed E-state index contributed by atoms with van der Waals surface area (Å²) < 4.78 is 5.46. The van der Waals surface area contributed by atoms with Gasteiger partial charge in [-0.3, -0.25) is 4.79 Å². The van der Waals surface area contributed by atoms with Crippen molar-refractivity contribution in [1.82, 2.24) is 0 Å². The van der Waals surface area contributed by atoms with E-state index in [2.05, 4.69) is 6.07 Å². The van der Waals surface area contributed by atoms with E-state index in [9.17, 15) is 4.79 Å². The van der Waals surface area contributed by atoms with E-state index in [0.717, 1.165) is 17.7 Å². The number of aryl methyl sites for hydroxylation is 2. The number of carbonyl (C=O) groups is 1. The van der Waals surface area contributed by atoms with Gasteiger partial charge < -0.3 is 4.74 Å². The van der Waals surface area contributed by atoms with E-state index in [1.54, 1.807) is 0 Å². The van der Waals surface area contributed by atoms with E-state index in [1.807, 2.05) is 32.9 Å². The van der Waals surface area contributed by atoms with Gasteiger partial charge in [-0.05, 0) is 31.9 Å². The van der Waals surface area contributed by atoms with Crippen LogP contribution >= 0.6 is 0 Å². The normalized spacial score (nSPS) is 10.1. The molecular weight excluding hydrogens is 188 g/mol. The molecule has 15 heavy (non-hydrogen) atoms. The highest BCUT2D eigenvalue weighted by Gasteiger charge is 2.03. The van der Waals surface area contributed by atoms with Crippen LogP contribution in [0.3, 0.4) is 0 Å². The molecule has 0 spiro atoms. The van der Waals surface area contributed by atoms with Crippen LogP contribution in [0.2, 0.25) is 0 Å². The first-order valence-electron chi connectivity index (χ1n) is 5.35. The standard InChI is InChI=1S/C13H18O2/c1-4-5-12(14)9-15-13-7-6-10(2)8-11(13)3/h6-8H,4-5,9H2,1-3H3. The summed E-state index contributed by atoms with van der Waals surface area (Å²) in [5.41, 5.74) is 2.29. The number of benzene rings is 1. The topological polar surface area (TPSA) is 26.3 Å². The molecule has 0 N–H and O–H groups in total. The number of carbonyl (C=O) groups excluding carboxylic acids is 1. The van der Waals surface area contributed by atoms with Crippen LogP contribution in [0.15, 0.2) is 18.2 Å². The molecule has 0 heterocycles. The Bertz CT molecular complexity index is 342. The average Bonchev–Trinajstić information content (AvgIpc) is 2.17. The van der Waals surface area contributed by atoms with E-state index >= 15 is 0 Å². The zero-order valence-corrected chi connectivity index (χ0v) is 9.67. The fourth-order valence-electron chi connectivity index (χ4n) is 1.47. The number of Topliss-reactive ketones (excluding diaryl/α,β-unsaturated/α-hetero) is 1. The molecule has 0 bridgehead atoms. The Morgan fingerprint density at radius 1 is 1.33 bits per heavy atom. The second-order valence-corrected chi connectivity index (χ2v) is 3.85. The predicted molar refractivity (Wildman–Crippen MR) is 61.3 cm³/mol. The molecule has 0 saturated carbocycles. The van der Waals surface area contributed by atoms with Gasteiger partial charge in [0, 0.05) is 6.42 Å². The minimum absolute atomic E-state index is 0.164. The first-order chi connectivity index (χ1) is 7.13. The summed E-state index contributed by atoms with van der Waals surface area (Å²) in [6.07, 6.45) is 1.49. The highest BCUT2D eigenvalue weighted by atomic mass is 16.5. The first kappa shape index (κ1) is 11.8. The molecule has 0 fully saturated rings. The van der Waals surface area contributed by atoms with E-state index in [-0.39, 0.29) is 12.4 Å². The Kier molecular flexibility index (Phi) is 4.35. The number of rotatable bonds is 5. The fraction of sp³-hybridized carbons (Fsp3) is 0.462. The van der Waals surface area contributed by atoms with Crippen LogP contribution < -0.4 is 4.74 Å².